The molecule has 0 fully saturated rings. The van der Waals surface area contributed by atoms with Crippen LogP contribution in [0.3, 0.4) is 0 Å². The summed E-state index contributed by atoms with van der Waals surface area (Å²) < 4.78 is 10.7. The maximum Gasteiger partial charge on any atom is 0.334 e. The van der Waals surface area contributed by atoms with E-state index < -0.39 is 24.1 Å². The van der Waals surface area contributed by atoms with Crippen LogP contribution in [0.4, 0.5) is 0 Å². The predicted octanol–water partition coefficient (Wildman–Crippen LogP) is 2.66. The van der Waals surface area contributed by atoms with E-state index in [0.717, 1.165) is 5.57 Å². The third-order valence-corrected chi connectivity index (χ3v) is 4.71. The highest BCUT2D eigenvalue weighted by atomic mass is 16.5. The van der Waals surface area contributed by atoms with E-state index >= 15 is 0 Å². The molecular weight excluding hydrogens is 348 g/mol. The smallest absolute Gasteiger partial charge is 0.334 e. The Balaban J connectivity index is 2.36. The number of Topliss-reactive ketones (excluding diaryl/α,β-unsaturated/α-hetero) is 2. The maximum atomic E-state index is 12.7. The number of rotatable bonds is 3. The Morgan fingerprint density at radius 3 is 2.52 bits per heavy atom. The fourth-order valence-electron chi connectivity index (χ4n) is 3.34. The van der Waals surface area contributed by atoms with Crippen LogP contribution in [0, 0.1) is 5.92 Å². The lowest BCUT2D eigenvalue weighted by molar-refractivity contribution is -0.140. The van der Waals surface area contributed by atoms with Gasteiger partial charge in [-0.15, -0.1) is 0 Å². The van der Waals surface area contributed by atoms with E-state index in [-0.39, 0.29) is 43.2 Å². The van der Waals surface area contributed by atoms with Gasteiger partial charge < -0.3 is 9.47 Å². The van der Waals surface area contributed by atoms with Gasteiger partial charge in [-0.2, -0.15) is 0 Å². The number of ketones is 3. The molecule has 0 aromatic rings. The molecule has 0 amide bonds. The van der Waals surface area contributed by atoms with Crippen molar-refractivity contribution in [3.8, 4) is 0 Å². The van der Waals surface area contributed by atoms with Gasteiger partial charge in [-0.1, -0.05) is 17.7 Å². The number of carbonyl (C=O) groups excluding carboxylic acids is 4. The van der Waals surface area contributed by atoms with Crippen molar-refractivity contribution in [2.45, 2.75) is 58.7 Å². The molecule has 2 aliphatic rings. The van der Waals surface area contributed by atoms with Crippen LogP contribution in [0.25, 0.3) is 0 Å². The van der Waals surface area contributed by atoms with Crippen LogP contribution < -0.4 is 0 Å². The monoisotopic (exact) mass is 374 g/mol. The van der Waals surface area contributed by atoms with Crippen LogP contribution in [0.5, 0.6) is 0 Å². The molecule has 0 unspecified atom stereocenters. The molecule has 146 valence electrons. The van der Waals surface area contributed by atoms with Crippen LogP contribution in [0.1, 0.15) is 46.5 Å². The van der Waals surface area contributed by atoms with Gasteiger partial charge in [0, 0.05) is 43.8 Å². The van der Waals surface area contributed by atoms with Gasteiger partial charge in [0.25, 0.3) is 0 Å². The lowest BCUT2D eigenvalue weighted by atomic mass is 9.86. The molecule has 0 N–H and O–H groups in total. The highest BCUT2D eigenvalue weighted by Crippen LogP contribution is 2.27. The number of hydrogen-bond donors (Lipinski definition) is 0. The summed E-state index contributed by atoms with van der Waals surface area (Å²) in [5.74, 6) is -2.05. The van der Waals surface area contributed by atoms with E-state index in [4.69, 9.17) is 9.47 Å². The minimum absolute atomic E-state index is 0.0767. The van der Waals surface area contributed by atoms with Gasteiger partial charge in [-0.3, -0.25) is 14.4 Å². The van der Waals surface area contributed by atoms with Crippen LogP contribution >= 0.6 is 0 Å². The molecule has 1 heterocycles. The molecular formula is C21H26O6. The first-order valence-corrected chi connectivity index (χ1v) is 9.15. The van der Waals surface area contributed by atoms with Gasteiger partial charge >= 0.3 is 5.97 Å². The summed E-state index contributed by atoms with van der Waals surface area (Å²) in [6.07, 6.45) is 1.82. The van der Waals surface area contributed by atoms with Crippen molar-refractivity contribution in [1.29, 1.82) is 0 Å². The number of carbonyl (C=O) groups is 4. The molecule has 0 aromatic heterocycles. The highest BCUT2D eigenvalue weighted by Gasteiger charge is 2.33. The van der Waals surface area contributed by atoms with Crippen molar-refractivity contribution in [3.63, 3.8) is 0 Å². The van der Waals surface area contributed by atoms with Crippen LogP contribution in [-0.4, -0.2) is 42.1 Å². The van der Waals surface area contributed by atoms with E-state index in [1.807, 2.05) is 0 Å². The number of hydrogen-bond acceptors (Lipinski definition) is 6. The minimum Gasteiger partial charge on any atom is -0.454 e. The summed E-state index contributed by atoms with van der Waals surface area (Å²) in [4.78, 5) is 49.8. The third kappa shape index (κ3) is 5.57. The Labute approximate surface area is 159 Å². The molecule has 27 heavy (non-hydrogen) atoms. The molecule has 0 saturated carbocycles. The van der Waals surface area contributed by atoms with Crippen molar-refractivity contribution in [2.24, 2.45) is 5.92 Å². The van der Waals surface area contributed by atoms with Gasteiger partial charge in [-0.05, 0) is 32.9 Å². The van der Waals surface area contributed by atoms with Gasteiger partial charge in [0.2, 0.25) is 0 Å². The van der Waals surface area contributed by atoms with E-state index in [0.29, 0.717) is 17.6 Å². The normalized spacial score (nSPS) is 29.5. The molecule has 2 rings (SSSR count). The molecule has 6 nitrogen and oxygen atoms in total. The maximum absolute atomic E-state index is 12.7. The second-order valence-electron chi connectivity index (χ2n) is 7.16. The number of ether oxygens (including phenoxy) is 2. The zero-order valence-corrected chi connectivity index (χ0v) is 16.1. The second-order valence-corrected chi connectivity index (χ2v) is 7.16. The van der Waals surface area contributed by atoms with Crippen molar-refractivity contribution >= 4 is 23.3 Å². The average molecular weight is 374 g/mol. The van der Waals surface area contributed by atoms with Crippen molar-refractivity contribution in [2.75, 3.05) is 6.61 Å². The third-order valence-electron chi connectivity index (χ3n) is 4.71. The van der Waals surface area contributed by atoms with Crippen molar-refractivity contribution in [1.82, 2.24) is 0 Å². The largest absolute Gasteiger partial charge is 0.454 e. The standard InChI is InChI=1S/C21H26O6/c1-5-26-20-10-15(22)6-13(4)7-16-8-14(21(25)27-16)9-18(23)17(12(2)3)11-19(20)24/h6,8,16-17,20H,2,5,7,9-11H2,1,3-4H3/b13-6+/t16-,17+,20-/m0/s1. The zero-order valence-electron chi connectivity index (χ0n) is 16.1. The summed E-state index contributed by atoms with van der Waals surface area (Å²) in [7, 11) is 0. The fourth-order valence-corrected chi connectivity index (χ4v) is 3.34. The first kappa shape index (κ1) is 21.0. The first-order chi connectivity index (χ1) is 12.7. The summed E-state index contributed by atoms with van der Waals surface area (Å²) in [5, 5.41) is 0. The summed E-state index contributed by atoms with van der Waals surface area (Å²) in [5.41, 5.74) is 1.57. The van der Waals surface area contributed by atoms with E-state index in [9.17, 15) is 19.2 Å². The Hall–Kier alpha value is -2.34. The van der Waals surface area contributed by atoms with E-state index in [1.165, 1.54) is 6.08 Å². The lowest BCUT2D eigenvalue weighted by Crippen LogP contribution is -2.31. The molecule has 3 atom stereocenters. The summed E-state index contributed by atoms with van der Waals surface area (Å²) >= 11 is 0. The average Bonchev–Trinajstić information content (AvgIpc) is 2.89. The van der Waals surface area contributed by atoms with E-state index in [1.54, 1.807) is 26.8 Å². The van der Waals surface area contributed by atoms with Gasteiger partial charge in [0.15, 0.2) is 11.6 Å². The summed E-state index contributed by atoms with van der Waals surface area (Å²) in [6, 6.07) is 0. The number of esters is 1. The second kappa shape index (κ2) is 9.04. The first-order valence-electron chi connectivity index (χ1n) is 9.15. The molecule has 1 aliphatic carbocycles. The zero-order chi connectivity index (χ0) is 20.1. The van der Waals surface area contributed by atoms with Crippen molar-refractivity contribution < 1.29 is 28.7 Å². The molecule has 0 radical (unpaired) electrons. The van der Waals surface area contributed by atoms with Crippen molar-refractivity contribution in [3.05, 3.63) is 35.5 Å². The fraction of sp³-hybridized carbons (Fsp3) is 0.524. The van der Waals surface area contributed by atoms with Gasteiger partial charge in [-0.25, -0.2) is 4.79 Å². The number of allylic oxidation sites excluding steroid dienone is 2. The molecule has 1 aliphatic heterocycles. The SMILES string of the molecule is C=C(C)[C@H]1CC(=O)[C@@H](OCC)CC(=O)/C=C(\C)C[C@H]2C=C(CC1=O)C(=O)O2. The molecule has 0 spiro atoms. The van der Waals surface area contributed by atoms with Gasteiger partial charge in [0.1, 0.15) is 18.0 Å². The molecule has 6 heteroatoms. The predicted molar refractivity (Wildman–Crippen MR) is 98.9 cm³/mol. The van der Waals surface area contributed by atoms with Crippen LogP contribution in [-0.2, 0) is 28.7 Å². The topological polar surface area (TPSA) is 86.7 Å². The molecule has 0 saturated heterocycles. The number of fused-ring (bicyclic) bond motifs is 1. The van der Waals surface area contributed by atoms with Crippen LogP contribution in [0.15, 0.2) is 35.5 Å². The Morgan fingerprint density at radius 1 is 1.19 bits per heavy atom. The minimum atomic E-state index is -0.891. The van der Waals surface area contributed by atoms with E-state index in [2.05, 4.69) is 6.58 Å². The Morgan fingerprint density at radius 2 is 1.89 bits per heavy atom. The Kier molecular flexibility index (Phi) is 7.02. The summed E-state index contributed by atoms with van der Waals surface area (Å²) in [6.45, 7) is 9.30. The molecule has 0 aromatic carbocycles. The lowest BCUT2D eigenvalue weighted by Gasteiger charge is -2.20. The Bertz CT molecular complexity index is 727. The highest BCUT2D eigenvalue weighted by molar-refractivity contribution is 6.01. The quantitative estimate of drug-likeness (QED) is 0.558. The molecule has 2 bridgehead atoms. The van der Waals surface area contributed by atoms with Gasteiger partial charge in [0.05, 0.1) is 0 Å². The van der Waals surface area contributed by atoms with Crippen LogP contribution in [0.2, 0.25) is 0 Å².